The van der Waals surface area contributed by atoms with Gasteiger partial charge >= 0.3 is 5.97 Å². The maximum Gasteiger partial charge on any atom is 0.321 e. The molecule has 0 saturated heterocycles. The number of carbonyl (C=O) groups is 1. The van der Waals surface area contributed by atoms with E-state index in [4.69, 9.17) is 9.47 Å². The van der Waals surface area contributed by atoms with E-state index in [0.29, 0.717) is 11.7 Å². The van der Waals surface area contributed by atoms with Crippen molar-refractivity contribution in [1.82, 2.24) is 4.72 Å². The Labute approximate surface area is 179 Å². The fourth-order valence-electron chi connectivity index (χ4n) is 2.81. The van der Waals surface area contributed by atoms with Crippen molar-refractivity contribution in [1.29, 1.82) is 0 Å². The van der Waals surface area contributed by atoms with Crippen LogP contribution in [0.3, 0.4) is 0 Å². The number of carbonyl (C=O) groups excluding carboxylic acids is 1. The highest BCUT2D eigenvalue weighted by molar-refractivity contribution is 7.92. The van der Waals surface area contributed by atoms with Crippen molar-refractivity contribution in [3.05, 3.63) is 70.1 Å². The van der Waals surface area contributed by atoms with Crippen LogP contribution in [0, 0.1) is 13.8 Å². The standard InChI is InChI=1S/C23H29NO5S/c1-17(2)22-10-9-21(15-19(22)4)28-12-13-29-23(25)16-24-30(26,27)14-11-20-7-5-18(3)6-8-20/h5-11,14-15,17,24H,12-13,16H2,1-4H3/b14-11+. The molecule has 0 aliphatic heterocycles. The fourth-order valence-corrected chi connectivity index (χ4v) is 3.56. The highest BCUT2D eigenvalue weighted by atomic mass is 32.2. The first-order valence-electron chi connectivity index (χ1n) is 9.79. The summed E-state index contributed by atoms with van der Waals surface area (Å²) in [5, 5.41) is 1.03. The van der Waals surface area contributed by atoms with Crippen molar-refractivity contribution in [3.63, 3.8) is 0 Å². The number of hydrogen-bond donors (Lipinski definition) is 1. The molecule has 30 heavy (non-hydrogen) atoms. The van der Waals surface area contributed by atoms with Crippen molar-refractivity contribution < 1.29 is 22.7 Å². The van der Waals surface area contributed by atoms with E-state index in [1.54, 1.807) is 0 Å². The van der Waals surface area contributed by atoms with E-state index < -0.39 is 22.5 Å². The smallest absolute Gasteiger partial charge is 0.321 e. The molecule has 0 aliphatic rings. The van der Waals surface area contributed by atoms with E-state index >= 15 is 0 Å². The van der Waals surface area contributed by atoms with E-state index in [1.807, 2.05) is 56.3 Å². The third kappa shape index (κ3) is 8.00. The lowest BCUT2D eigenvalue weighted by molar-refractivity contribution is -0.142. The molecular formula is C23H29NO5S. The van der Waals surface area contributed by atoms with Gasteiger partial charge in [0.15, 0.2) is 0 Å². The van der Waals surface area contributed by atoms with Crippen molar-refractivity contribution in [3.8, 4) is 5.75 Å². The van der Waals surface area contributed by atoms with Gasteiger partial charge in [-0.15, -0.1) is 0 Å². The topological polar surface area (TPSA) is 81.7 Å². The lowest BCUT2D eigenvalue weighted by Gasteiger charge is -2.12. The summed E-state index contributed by atoms with van der Waals surface area (Å²) in [6.45, 7) is 8.02. The molecule has 0 aromatic heterocycles. The third-order valence-corrected chi connectivity index (χ3v) is 5.45. The van der Waals surface area contributed by atoms with E-state index in [2.05, 4.69) is 18.6 Å². The van der Waals surface area contributed by atoms with Crippen molar-refractivity contribution >= 4 is 22.1 Å². The molecule has 0 atom stereocenters. The SMILES string of the molecule is Cc1ccc(/C=C/S(=O)(=O)NCC(=O)OCCOc2ccc(C(C)C)c(C)c2)cc1. The van der Waals surface area contributed by atoms with E-state index in [9.17, 15) is 13.2 Å². The van der Waals surface area contributed by atoms with Crippen molar-refractivity contribution in [2.24, 2.45) is 0 Å². The summed E-state index contributed by atoms with van der Waals surface area (Å²) in [6, 6.07) is 13.3. The van der Waals surface area contributed by atoms with Crippen LogP contribution in [0.4, 0.5) is 0 Å². The average Bonchev–Trinajstić information content (AvgIpc) is 2.69. The van der Waals surface area contributed by atoms with Gasteiger partial charge in [0.1, 0.15) is 25.5 Å². The largest absolute Gasteiger partial charge is 0.490 e. The summed E-state index contributed by atoms with van der Waals surface area (Å²) in [4.78, 5) is 11.8. The van der Waals surface area contributed by atoms with E-state index in [-0.39, 0.29) is 13.2 Å². The number of rotatable bonds is 10. The van der Waals surface area contributed by atoms with E-state index in [1.165, 1.54) is 11.6 Å². The van der Waals surface area contributed by atoms with Crippen molar-refractivity contribution in [2.75, 3.05) is 19.8 Å². The van der Waals surface area contributed by atoms with Gasteiger partial charge in [0.2, 0.25) is 10.0 Å². The van der Waals surface area contributed by atoms with Crippen LogP contribution in [0.5, 0.6) is 5.75 Å². The van der Waals surface area contributed by atoms with Crippen LogP contribution in [0.2, 0.25) is 0 Å². The number of esters is 1. The van der Waals surface area contributed by atoms with Crippen LogP contribution in [0.25, 0.3) is 6.08 Å². The first-order chi connectivity index (χ1) is 14.2. The van der Waals surface area contributed by atoms with Gasteiger partial charge in [-0.25, -0.2) is 13.1 Å². The zero-order valence-corrected chi connectivity index (χ0v) is 18.7. The third-order valence-electron chi connectivity index (χ3n) is 4.41. The highest BCUT2D eigenvalue weighted by Gasteiger charge is 2.10. The minimum Gasteiger partial charge on any atom is -0.490 e. The van der Waals surface area contributed by atoms with Crippen LogP contribution in [-0.4, -0.2) is 34.1 Å². The van der Waals surface area contributed by atoms with Gasteiger partial charge in [-0.2, -0.15) is 0 Å². The van der Waals surface area contributed by atoms with E-state index in [0.717, 1.165) is 22.1 Å². The number of hydrogen-bond acceptors (Lipinski definition) is 5. The molecule has 0 aliphatic carbocycles. The molecule has 0 saturated carbocycles. The summed E-state index contributed by atoms with van der Waals surface area (Å²) in [5.41, 5.74) is 4.25. The Hall–Kier alpha value is -2.64. The first kappa shape index (κ1) is 23.6. The second-order valence-electron chi connectivity index (χ2n) is 7.32. The van der Waals surface area contributed by atoms with Crippen LogP contribution in [-0.2, 0) is 19.6 Å². The maximum absolute atomic E-state index is 12.0. The number of sulfonamides is 1. The Morgan fingerprint density at radius 1 is 1.07 bits per heavy atom. The number of nitrogens with one attached hydrogen (secondary N) is 1. The number of aryl methyl sites for hydroxylation is 2. The van der Waals surface area contributed by atoms with Gasteiger partial charge in [-0.05, 0) is 54.7 Å². The fraction of sp³-hybridized carbons (Fsp3) is 0.348. The monoisotopic (exact) mass is 431 g/mol. The Kier molecular flexibility index (Phi) is 8.62. The molecule has 0 bridgehead atoms. The lowest BCUT2D eigenvalue weighted by Crippen LogP contribution is -2.30. The molecule has 0 fully saturated rings. The second-order valence-corrected chi connectivity index (χ2v) is 8.97. The van der Waals surface area contributed by atoms with Crippen LogP contribution in [0.1, 0.15) is 42.0 Å². The molecule has 2 aromatic rings. The molecule has 0 amide bonds. The quantitative estimate of drug-likeness (QED) is 0.455. The molecular weight excluding hydrogens is 402 g/mol. The Bertz CT molecular complexity index is 979. The molecule has 0 unspecified atom stereocenters. The predicted molar refractivity (Wildman–Crippen MR) is 119 cm³/mol. The first-order valence-corrected chi connectivity index (χ1v) is 11.3. The predicted octanol–water partition coefficient (Wildman–Crippen LogP) is 3.94. The Morgan fingerprint density at radius 3 is 2.40 bits per heavy atom. The van der Waals surface area contributed by atoms with Gasteiger partial charge in [0.05, 0.1) is 0 Å². The molecule has 6 nitrogen and oxygen atoms in total. The van der Waals surface area contributed by atoms with Crippen LogP contribution < -0.4 is 9.46 Å². The van der Waals surface area contributed by atoms with Gasteiger partial charge in [-0.1, -0.05) is 49.7 Å². The summed E-state index contributed by atoms with van der Waals surface area (Å²) in [7, 11) is -3.74. The average molecular weight is 432 g/mol. The molecule has 0 heterocycles. The van der Waals surface area contributed by atoms with Crippen LogP contribution >= 0.6 is 0 Å². The molecule has 2 rings (SSSR count). The van der Waals surface area contributed by atoms with Crippen molar-refractivity contribution in [2.45, 2.75) is 33.6 Å². The molecule has 0 radical (unpaired) electrons. The van der Waals surface area contributed by atoms with Gasteiger partial charge in [-0.3, -0.25) is 4.79 Å². The summed E-state index contributed by atoms with van der Waals surface area (Å²) >= 11 is 0. The van der Waals surface area contributed by atoms with Crippen LogP contribution in [0.15, 0.2) is 47.9 Å². The lowest BCUT2D eigenvalue weighted by atomic mass is 9.98. The molecule has 0 spiro atoms. The van der Waals surface area contributed by atoms with Gasteiger partial charge < -0.3 is 9.47 Å². The Morgan fingerprint density at radius 2 is 1.77 bits per heavy atom. The second kappa shape index (κ2) is 10.9. The Balaban J connectivity index is 1.71. The normalized spacial score (nSPS) is 11.8. The molecule has 162 valence electrons. The van der Waals surface area contributed by atoms with Gasteiger partial charge in [0, 0.05) is 5.41 Å². The molecule has 7 heteroatoms. The zero-order valence-electron chi connectivity index (χ0n) is 17.8. The summed E-state index contributed by atoms with van der Waals surface area (Å²) in [6.07, 6.45) is 1.47. The number of ether oxygens (including phenoxy) is 2. The molecule has 2 aromatic carbocycles. The minimum absolute atomic E-state index is 0.0325. The van der Waals surface area contributed by atoms with Gasteiger partial charge in [0.25, 0.3) is 0 Å². The summed E-state index contributed by atoms with van der Waals surface area (Å²) < 4.78 is 36.7. The minimum atomic E-state index is -3.74. The summed E-state index contributed by atoms with van der Waals surface area (Å²) in [5.74, 6) is 0.475. The zero-order chi connectivity index (χ0) is 22.1. The highest BCUT2D eigenvalue weighted by Crippen LogP contribution is 2.23. The maximum atomic E-state index is 12.0. The molecule has 1 N–H and O–H groups in total. The number of benzene rings is 2.